The number of nitrogens with one attached hydrogen (secondary N) is 1. The molecule has 0 bridgehead atoms. The van der Waals surface area contributed by atoms with Gasteiger partial charge in [-0.3, -0.25) is 4.90 Å². The molecule has 1 aromatic rings. The summed E-state index contributed by atoms with van der Waals surface area (Å²) in [6.45, 7) is 7.74. The van der Waals surface area contributed by atoms with Crippen LogP contribution in [-0.4, -0.2) is 30.1 Å². The molecule has 18 heavy (non-hydrogen) atoms. The van der Waals surface area contributed by atoms with Crippen LogP contribution < -0.4 is 5.32 Å². The lowest BCUT2D eigenvalue weighted by Crippen LogP contribution is -2.44. The summed E-state index contributed by atoms with van der Waals surface area (Å²) in [7, 11) is 0. The Hall–Kier alpha value is -0.570. The standard InChI is InChI=1S/C15H23ClN2/c1-12(2)17-14-7-9-18(10-8-14)11-13-5-3-4-6-15(13)16/h3-6,12,14,17H,7-11H2,1-2H3. The number of hydrogen-bond donors (Lipinski definition) is 1. The molecule has 0 spiro atoms. The monoisotopic (exact) mass is 266 g/mol. The molecule has 0 atom stereocenters. The van der Waals surface area contributed by atoms with Crippen molar-refractivity contribution in [1.29, 1.82) is 0 Å². The van der Waals surface area contributed by atoms with Crippen molar-refractivity contribution in [2.24, 2.45) is 0 Å². The maximum absolute atomic E-state index is 6.20. The Labute approximate surface area is 115 Å². The first-order valence-electron chi connectivity index (χ1n) is 6.87. The average molecular weight is 267 g/mol. The van der Waals surface area contributed by atoms with Crippen molar-refractivity contribution >= 4 is 11.6 Å². The maximum Gasteiger partial charge on any atom is 0.0451 e. The van der Waals surface area contributed by atoms with Gasteiger partial charge in [0.1, 0.15) is 0 Å². The molecule has 1 fully saturated rings. The third-order valence-corrected chi connectivity index (χ3v) is 3.88. The van der Waals surface area contributed by atoms with E-state index >= 15 is 0 Å². The first kappa shape index (κ1) is 13.9. The van der Waals surface area contributed by atoms with Gasteiger partial charge in [0.2, 0.25) is 0 Å². The van der Waals surface area contributed by atoms with E-state index in [4.69, 9.17) is 11.6 Å². The molecule has 1 saturated heterocycles. The third-order valence-electron chi connectivity index (χ3n) is 3.51. The van der Waals surface area contributed by atoms with E-state index in [9.17, 15) is 0 Å². The number of hydrogen-bond acceptors (Lipinski definition) is 2. The highest BCUT2D eigenvalue weighted by Gasteiger charge is 2.19. The number of likely N-dealkylation sites (tertiary alicyclic amines) is 1. The minimum atomic E-state index is 0.588. The Morgan fingerprint density at radius 2 is 1.94 bits per heavy atom. The second-order valence-corrected chi connectivity index (χ2v) is 5.87. The molecule has 1 aromatic carbocycles. The van der Waals surface area contributed by atoms with Crippen LogP contribution in [-0.2, 0) is 6.54 Å². The molecular formula is C15H23ClN2. The predicted molar refractivity (Wildman–Crippen MR) is 78.0 cm³/mol. The second kappa shape index (κ2) is 6.55. The van der Waals surface area contributed by atoms with Crippen LogP contribution in [0, 0.1) is 0 Å². The van der Waals surface area contributed by atoms with E-state index < -0.39 is 0 Å². The fraction of sp³-hybridized carbons (Fsp3) is 0.600. The van der Waals surface area contributed by atoms with Gasteiger partial charge in [-0.1, -0.05) is 43.6 Å². The molecule has 1 aliphatic rings. The molecule has 1 aliphatic heterocycles. The van der Waals surface area contributed by atoms with Gasteiger partial charge in [-0.2, -0.15) is 0 Å². The number of rotatable bonds is 4. The zero-order valence-electron chi connectivity index (χ0n) is 11.3. The van der Waals surface area contributed by atoms with E-state index in [1.54, 1.807) is 0 Å². The summed E-state index contributed by atoms with van der Waals surface area (Å²) >= 11 is 6.20. The lowest BCUT2D eigenvalue weighted by Gasteiger charge is -2.33. The lowest BCUT2D eigenvalue weighted by molar-refractivity contribution is 0.186. The Balaban J connectivity index is 1.82. The number of halogens is 1. The summed E-state index contributed by atoms with van der Waals surface area (Å²) in [6, 6.07) is 9.43. The molecular weight excluding hydrogens is 244 g/mol. The third kappa shape index (κ3) is 3.98. The van der Waals surface area contributed by atoms with Crippen LogP contribution in [0.5, 0.6) is 0 Å². The minimum absolute atomic E-state index is 0.588. The molecule has 3 heteroatoms. The van der Waals surface area contributed by atoms with Crippen LogP contribution in [0.4, 0.5) is 0 Å². The smallest absolute Gasteiger partial charge is 0.0451 e. The molecule has 0 unspecified atom stereocenters. The molecule has 0 amide bonds. The van der Waals surface area contributed by atoms with Gasteiger partial charge in [-0.25, -0.2) is 0 Å². The molecule has 100 valence electrons. The first-order chi connectivity index (χ1) is 8.65. The largest absolute Gasteiger partial charge is 0.312 e. The minimum Gasteiger partial charge on any atom is -0.312 e. The quantitative estimate of drug-likeness (QED) is 0.900. The molecule has 2 nitrogen and oxygen atoms in total. The Morgan fingerprint density at radius 3 is 2.56 bits per heavy atom. The van der Waals surface area contributed by atoms with E-state index in [1.807, 2.05) is 12.1 Å². The predicted octanol–water partition coefficient (Wildman–Crippen LogP) is 3.30. The van der Waals surface area contributed by atoms with Gasteiger partial charge in [0.15, 0.2) is 0 Å². The molecule has 0 aromatic heterocycles. The summed E-state index contributed by atoms with van der Waals surface area (Å²) in [4.78, 5) is 2.50. The van der Waals surface area contributed by atoms with Gasteiger partial charge in [-0.05, 0) is 37.6 Å². The summed E-state index contributed by atoms with van der Waals surface area (Å²) < 4.78 is 0. The van der Waals surface area contributed by atoms with Crippen LogP contribution in [0.25, 0.3) is 0 Å². The SMILES string of the molecule is CC(C)NC1CCN(Cc2ccccc2Cl)CC1. The Bertz CT molecular complexity index is 371. The molecule has 0 saturated carbocycles. The summed E-state index contributed by atoms with van der Waals surface area (Å²) in [5, 5.41) is 4.51. The highest BCUT2D eigenvalue weighted by molar-refractivity contribution is 6.31. The highest BCUT2D eigenvalue weighted by atomic mass is 35.5. The van der Waals surface area contributed by atoms with E-state index in [-0.39, 0.29) is 0 Å². The van der Waals surface area contributed by atoms with E-state index in [0.29, 0.717) is 12.1 Å². The number of nitrogens with zero attached hydrogens (tertiary/aromatic N) is 1. The van der Waals surface area contributed by atoms with Crippen molar-refractivity contribution in [3.05, 3.63) is 34.9 Å². The fourth-order valence-electron chi connectivity index (χ4n) is 2.60. The first-order valence-corrected chi connectivity index (χ1v) is 7.25. The van der Waals surface area contributed by atoms with Crippen LogP contribution in [0.2, 0.25) is 5.02 Å². The number of benzene rings is 1. The maximum atomic E-state index is 6.20. The van der Waals surface area contributed by atoms with Crippen molar-refractivity contribution in [1.82, 2.24) is 10.2 Å². The lowest BCUT2D eigenvalue weighted by atomic mass is 10.0. The van der Waals surface area contributed by atoms with Crippen molar-refractivity contribution in [2.75, 3.05) is 13.1 Å². The van der Waals surface area contributed by atoms with Crippen molar-refractivity contribution in [3.8, 4) is 0 Å². The van der Waals surface area contributed by atoms with Gasteiger partial charge in [0, 0.05) is 23.7 Å². The topological polar surface area (TPSA) is 15.3 Å². The van der Waals surface area contributed by atoms with Gasteiger partial charge in [0.05, 0.1) is 0 Å². The summed E-state index contributed by atoms with van der Waals surface area (Å²) in [5.74, 6) is 0. The van der Waals surface area contributed by atoms with Crippen LogP contribution >= 0.6 is 11.6 Å². The van der Waals surface area contributed by atoms with Crippen molar-refractivity contribution in [3.63, 3.8) is 0 Å². The highest BCUT2D eigenvalue weighted by Crippen LogP contribution is 2.19. The zero-order chi connectivity index (χ0) is 13.0. The molecule has 2 rings (SSSR count). The second-order valence-electron chi connectivity index (χ2n) is 5.46. The Kier molecular flexibility index (Phi) is 5.04. The molecule has 1 heterocycles. The van der Waals surface area contributed by atoms with Crippen molar-refractivity contribution in [2.45, 2.75) is 45.3 Å². The van der Waals surface area contributed by atoms with E-state index in [2.05, 4.69) is 36.2 Å². The van der Waals surface area contributed by atoms with Gasteiger partial charge in [0.25, 0.3) is 0 Å². The Morgan fingerprint density at radius 1 is 1.28 bits per heavy atom. The number of piperidine rings is 1. The fourth-order valence-corrected chi connectivity index (χ4v) is 2.79. The van der Waals surface area contributed by atoms with Crippen LogP contribution in [0.1, 0.15) is 32.3 Å². The zero-order valence-corrected chi connectivity index (χ0v) is 12.1. The van der Waals surface area contributed by atoms with Crippen molar-refractivity contribution < 1.29 is 0 Å². The van der Waals surface area contributed by atoms with Crippen LogP contribution in [0.15, 0.2) is 24.3 Å². The summed E-state index contributed by atoms with van der Waals surface area (Å²) in [6.07, 6.45) is 2.48. The normalized spacial score (nSPS) is 18.4. The van der Waals surface area contributed by atoms with Crippen LogP contribution in [0.3, 0.4) is 0 Å². The van der Waals surface area contributed by atoms with E-state index in [1.165, 1.54) is 18.4 Å². The molecule has 1 N–H and O–H groups in total. The molecule has 0 radical (unpaired) electrons. The van der Waals surface area contributed by atoms with Gasteiger partial charge in [-0.15, -0.1) is 0 Å². The van der Waals surface area contributed by atoms with Gasteiger partial charge < -0.3 is 5.32 Å². The van der Waals surface area contributed by atoms with Gasteiger partial charge >= 0.3 is 0 Å². The summed E-state index contributed by atoms with van der Waals surface area (Å²) in [5.41, 5.74) is 1.24. The average Bonchev–Trinajstić information content (AvgIpc) is 2.34. The molecule has 0 aliphatic carbocycles. The van der Waals surface area contributed by atoms with E-state index in [0.717, 1.165) is 24.7 Å².